The molecule has 0 aromatic heterocycles. The molecule has 4 N–H and O–H groups in total. The lowest BCUT2D eigenvalue weighted by molar-refractivity contribution is 0.102. The van der Waals surface area contributed by atoms with Gasteiger partial charge in [0.2, 0.25) is 0 Å². The summed E-state index contributed by atoms with van der Waals surface area (Å²) in [5, 5.41) is 13.6. The molecule has 0 aliphatic rings. The first kappa shape index (κ1) is 14.4. The van der Waals surface area contributed by atoms with E-state index in [0.717, 1.165) is 18.2 Å². The fourth-order valence-electron chi connectivity index (χ4n) is 1.64. The highest BCUT2D eigenvalue weighted by molar-refractivity contribution is 6.05. The number of anilines is 1. The molecule has 0 spiro atoms. The van der Waals surface area contributed by atoms with E-state index in [-0.39, 0.29) is 17.1 Å². The summed E-state index contributed by atoms with van der Waals surface area (Å²) in [6.45, 7) is 0. The first-order valence-electron chi connectivity index (χ1n) is 5.85. The lowest BCUT2D eigenvalue weighted by Crippen LogP contribution is -2.15. The minimum absolute atomic E-state index is 0.0990. The molecule has 108 valence electrons. The molecule has 2 rings (SSSR count). The second-order valence-electron chi connectivity index (χ2n) is 4.14. The van der Waals surface area contributed by atoms with Gasteiger partial charge in [-0.1, -0.05) is 17.3 Å². The third-order valence-electron chi connectivity index (χ3n) is 2.73. The largest absolute Gasteiger partial charge is 0.409 e. The summed E-state index contributed by atoms with van der Waals surface area (Å²) in [5.41, 5.74) is 5.78. The minimum atomic E-state index is -0.738. The summed E-state index contributed by atoms with van der Waals surface area (Å²) in [4.78, 5) is 11.9. The average molecular weight is 291 g/mol. The van der Waals surface area contributed by atoms with Crippen LogP contribution in [0.15, 0.2) is 47.6 Å². The Hall–Kier alpha value is -2.96. The van der Waals surface area contributed by atoms with E-state index in [1.54, 1.807) is 0 Å². The molecule has 7 heteroatoms. The van der Waals surface area contributed by atoms with Crippen molar-refractivity contribution in [1.82, 2.24) is 0 Å². The summed E-state index contributed by atoms with van der Waals surface area (Å²) in [5.74, 6) is -2.10. The normalized spacial score (nSPS) is 11.2. The van der Waals surface area contributed by atoms with E-state index in [1.165, 1.54) is 24.3 Å². The highest BCUT2D eigenvalue weighted by Gasteiger charge is 2.10. The Labute approximate surface area is 118 Å². The molecule has 0 atom stereocenters. The van der Waals surface area contributed by atoms with Gasteiger partial charge in [-0.3, -0.25) is 4.79 Å². The van der Waals surface area contributed by atoms with Crippen molar-refractivity contribution in [2.45, 2.75) is 0 Å². The number of nitrogens with two attached hydrogens (primary N) is 1. The Balaban J connectivity index is 2.19. The Morgan fingerprint density at radius 3 is 2.33 bits per heavy atom. The van der Waals surface area contributed by atoms with Gasteiger partial charge in [0.1, 0.15) is 11.6 Å². The van der Waals surface area contributed by atoms with E-state index >= 15 is 0 Å². The predicted octanol–water partition coefficient (Wildman–Crippen LogP) is 2.31. The third kappa shape index (κ3) is 3.33. The zero-order valence-corrected chi connectivity index (χ0v) is 10.7. The first-order valence-corrected chi connectivity index (χ1v) is 5.85. The molecule has 0 bridgehead atoms. The van der Waals surface area contributed by atoms with Crippen LogP contribution in [0.2, 0.25) is 0 Å². The van der Waals surface area contributed by atoms with Crippen molar-refractivity contribution < 1.29 is 18.8 Å². The number of nitrogens with zero attached hydrogens (tertiary/aromatic N) is 1. The van der Waals surface area contributed by atoms with E-state index in [2.05, 4.69) is 10.5 Å². The van der Waals surface area contributed by atoms with Crippen molar-refractivity contribution in [2.24, 2.45) is 10.9 Å². The summed E-state index contributed by atoms with van der Waals surface area (Å²) >= 11 is 0. The van der Waals surface area contributed by atoms with Crippen LogP contribution in [0.1, 0.15) is 15.9 Å². The van der Waals surface area contributed by atoms with Crippen molar-refractivity contribution in [3.05, 3.63) is 65.2 Å². The molecule has 0 fully saturated rings. The van der Waals surface area contributed by atoms with Gasteiger partial charge >= 0.3 is 0 Å². The quantitative estimate of drug-likeness (QED) is 0.351. The van der Waals surface area contributed by atoms with Gasteiger partial charge in [-0.15, -0.1) is 0 Å². The minimum Gasteiger partial charge on any atom is -0.409 e. The Bertz CT molecular complexity index is 700. The van der Waals surface area contributed by atoms with Crippen molar-refractivity contribution in [3.8, 4) is 0 Å². The maximum absolute atomic E-state index is 13.4. The maximum Gasteiger partial charge on any atom is 0.255 e. The first-order chi connectivity index (χ1) is 10.0. The molecule has 2 aromatic carbocycles. The van der Waals surface area contributed by atoms with E-state index < -0.39 is 17.5 Å². The number of amides is 1. The number of benzene rings is 2. The predicted molar refractivity (Wildman–Crippen MR) is 73.3 cm³/mol. The molecule has 0 saturated carbocycles. The number of hydrogen-bond acceptors (Lipinski definition) is 3. The number of nitrogens with one attached hydrogen (secondary N) is 1. The van der Waals surface area contributed by atoms with Crippen LogP contribution < -0.4 is 11.1 Å². The highest BCUT2D eigenvalue weighted by Crippen LogP contribution is 2.16. The van der Waals surface area contributed by atoms with Gasteiger partial charge in [0.25, 0.3) is 5.91 Å². The van der Waals surface area contributed by atoms with E-state index in [4.69, 9.17) is 10.9 Å². The number of amidine groups is 1. The summed E-state index contributed by atoms with van der Waals surface area (Å²) in [7, 11) is 0. The standard InChI is InChI=1S/C14H11F2N3O2/c15-10-5-6-11(16)12(7-10)18-14(20)9-3-1-8(2-4-9)13(17)19-21/h1-7,21H,(H2,17,19)(H,18,20). The van der Waals surface area contributed by atoms with Gasteiger partial charge in [0.05, 0.1) is 5.69 Å². The third-order valence-corrected chi connectivity index (χ3v) is 2.73. The molecule has 2 aromatic rings. The molecular formula is C14H11F2N3O2. The van der Waals surface area contributed by atoms with Crippen molar-refractivity contribution in [3.63, 3.8) is 0 Å². The molecular weight excluding hydrogens is 280 g/mol. The van der Waals surface area contributed by atoms with E-state index in [1.807, 2.05) is 0 Å². The lowest BCUT2D eigenvalue weighted by Gasteiger charge is -2.07. The van der Waals surface area contributed by atoms with Crippen LogP contribution >= 0.6 is 0 Å². The summed E-state index contributed by atoms with van der Waals surface area (Å²) < 4.78 is 26.4. The van der Waals surface area contributed by atoms with Gasteiger partial charge in [-0.25, -0.2) is 8.78 Å². The smallest absolute Gasteiger partial charge is 0.255 e. The van der Waals surface area contributed by atoms with Crippen LogP contribution in [-0.4, -0.2) is 17.0 Å². The van der Waals surface area contributed by atoms with E-state index in [9.17, 15) is 13.6 Å². The van der Waals surface area contributed by atoms with Crippen molar-refractivity contribution in [2.75, 3.05) is 5.32 Å². The van der Waals surface area contributed by atoms with Gasteiger partial charge in [-0.2, -0.15) is 0 Å². The van der Waals surface area contributed by atoms with Gasteiger partial charge in [-0.05, 0) is 24.3 Å². The molecule has 0 aliphatic carbocycles. The number of carbonyl (C=O) groups excluding carboxylic acids is 1. The van der Waals surface area contributed by atoms with Gasteiger partial charge < -0.3 is 16.3 Å². The van der Waals surface area contributed by atoms with Gasteiger partial charge in [0, 0.05) is 17.2 Å². The average Bonchev–Trinajstić information content (AvgIpc) is 2.50. The molecule has 1 amide bonds. The number of oxime groups is 1. The topological polar surface area (TPSA) is 87.7 Å². The number of rotatable bonds is 3. The SMILES string of the molecule is N/C(=N\O)c1ccc(C(=O)Nc2cc(F)ccc2F)cc1. The fraction of sp³-hybridized carbons (Fsp3) is 0. The second-order valence-corrected chi connectivity index (χ2v) is 4.14. The zero-order valence-electron chi connectivity index (χ0n) is 10.7. The second kappa shape index (κ2) is 6.00. The van der Waals surface area contributed by atoms with Crippen LogP contribution in [0.3, 0.4) is 0 Å². The molecule has 21 heavy (non-hydrogen) atoms. The van der Waals surface area contributed by atoms with Gasteiger partial charge in [0.15, 0.2) is 5.84 Å². The Morgan fingerprint density at radius 1 is 1.10 bits per heavy atom. The summed E-state index contributed by atoms with van der Waals surface area (Å²) in [6.07, 6.45) is 0. The van der Waals surface area contributed by atoms with Crippen LogP contribution in [0, 0.1) is 11.6 Å². The monoisotopic (exact) mass is 291 g/mol. The molecule has 0 aliphatic heterocycles. The van der Waals surface area contributed by atoms with E-state index in [0.29, 0.717) is 5.56 Å². The molecule has 0 heterocycles. The zero-order chi connectivity index (χ0) is 15.4. The highest BCUT2D eigenvalue weighted by atomic mass is 19.1. The van der Waals surface area contributed by atoms with Crippen LogP contribution in [0.25, 0.3) is 0 Å². The number of hydrogen-bond donors (Lipinski definition) is 3. The molecule has 5 nitrogen and oxygen atoms in total. The lowest BCUT2D eigenvalue weighted by atomic mass is 10.1. The van der Waals surface area contributed by atoms with Crippen LogP contribution in [-0.2, 0) is 0 Å². The Kier molecular flexibility index (Phi) is 4.13. The molecule has 0 radical (unpaired) electrons. The van der Waals surface area contributed by atoms with Crippen molar-refractivity contribution in [1.29, 1.82) is 0 Å². The Morgan fingerprint density at radius 2 is 1.71 bits per heavy atom. The number of carbonyl (C=O) groups is 1. The molecule has 0 saturated heterocycles. The van der Waals surface area contributed by atoms with Crippen molar-refractivity contribution >= 4 is 17.4 Å². The number of halogens is 2. The van der Waals surface area contributed by atoms with Crippen LogP contribution in [0.5, 0.6) is 0 Å². The summed E-state index contributed by atoms with van der Waals surface area (Å²) in [6, 6.07) is 8.53. The maximum atomic E-state index is 13.4. The fourth-order valence-corrected chi connectivity index (χ4v) is 1.64. The molecule has 0 unspecified atom stereocenters. The van der Waals surface area contributed by atoms with Crippen LogP contribution in [0.4, 0.5) is 14.5 Å².